The normalized spacial score (nSPS) is 19.5. The number of carbonyl (C=O) groups is 1. The van der Waals surface area contributed by atoms with E-state index in [0.29, 0.717) is 25.1 Å². The van der Waals surface area contributed by atoms with E-state index in [4.69, 9.17) is 4.74 Å². The molecule has 1 saturated heterocycles. The second-order valence-corrected chi connectivity index (χ2v) is 9.69. The van der Waals surface area contributed by atoms with Crippen LogP contribution in [-0.4, -0.2) is 49.4 Å². The van der Waals surface area contributed by atoms with Crippen LogP contribution in [0, 0.1) is 5.92 Å². The Bertz CT molecular complexity index is 680. The van der Waals surface area contributed by atoms with Crippen LogP contribution in [0.25, 0.3) is 0 Å². The van der Waals surface area contributed by atoms with E-state index < -0.39 is 9.84 Å². The molecule has 1 amide bonds. The van der Waals surface area contributed by atoms with E-state index in [9.17, 15) is 13.2 Å². The molecule has 0 saturated carbocycles. The smallest absolute Gasteiger partial charge is 0.254 e. The summed E-state index contributed by atoms with van der Waals surface area (Å²) in [6, 6.07) is 7.18. The second-order valence-electron chi connectivity index (χ2n) is 7.46. The third kappa shape index (κ3) is 5.82. The standard InChI is InChI=1S/C19H29NO4S/c1-14(2)11-20(18-9-10-25(22,23)13-18)19(21)17-7-5-16(6-8-17)12-24-15(3)4/h5-8,14-15,18H,9-13H2,1-4H3/t18-/m0/s1. The lowest BCUT2D eigenvalue weighted by molar-refractivity contribution is 0.0650. The van der Waals surface area contributed by atoms with Crippen LogP contribution in [0.4, 0.5) is 0 Å². The van der Waals surface area contributed by atoms with E-state index in [2.05, 4.69) is 0 Å². The van der Waals surface area contributed by atoms with Crippen molar-refractivity contribution in [2.24, 2.45) is 5.92 Å². The second kappa shape index (κ2) is 8.32. The molecule has 1 aromatic rings. The number of ether oxygens (including phenoxy) is 1. The summed E-state index contributed by atoms with van der Waals surface area (Å²) in [5.74, 6) is 0.440. The van der Waals surface area contributed by atoms with Crippen molar-refractivity contribution < 1.29 is 17.9 Å². The van der Waals surface area contributed by atoms with Gasteiger partial charge in [0.2, 0.25) is 0 Å². The summed E-state index contributed by atoms with van der Waals surface area (Å²) in [5.41, 5.74) is 1.61. The Hall–Kier alpha value is -1.40. The molecule has 5 nitrogen and oxygen atoms in total. The van der Waals surface area contributed by atoms with Gasteiger partial charge in [-0.2, -0.15) is 0 Å². The molecular weight excluding hydrogens is 338 g/mol. The van der Waals surface area contributed by atoms with Gasteiger partial charge >= 0.3 is 0 Å². The van der Waals surface area contributed by atoms with E-state index in [0.717, 1.165) is 5.56 Å². The molecule has 0 radical (unpaired) electrons. The molecule has 1 aliphatic rings. The van der Waals surface area contributed by atoms with Crippen LogP contribution >= 0.6 is 0 Å². The topological polar surface area (TPSA) is 63.7 Å². The van der Waals surface area contributed by atoms with Gasteiger partial charge in [-0.15, -0.1) is 0 Å². The van der Waals surface area contributed by atoms with Gasteiger partial charge in [0.25, 0.3) is 5.91 Å². The first-order valence-corrected chi connectivity index (χ1v) is 10.7. The van der Waals surface area contributed by atoms with Gasteiger partial charge in [0.05, 0.1) is 24.2 Å². The predicted molar refractivity (Wildman–Crippen MR) is 99.3 cm³/mol. The monoisotopic (exact) mass is 367 g/mol. The molecule has 0 bridgehead atoms. The predicted octanol–water partition coefficient (Wildman–Crippen LogP) is 2.90. The highest BCUT2D eigenvalue weighted by Gasteiger charge is 2.35. The first-order chi connectivity index (χ1) is 11.7. The third-order valence-electron chi connectivity index (χ3n) is 4.26. The summed E-state index contributed by atoms with van der Waals surface area (Å²) in [6.45, 7) is 9.13. The van der Waals surface area contributed by atoms with Crippen LogP contribution in [0.1, 0.15) is 50.0 Å². The van der Waals surface area contributed by atoms with Crippen molar-refractivity contribution >= 4 is 15.7 Å². The zero-order valence-corrected chi connectivity index (χ0v) is 16.4. The minimum Gasteiger partial charge on any atom is -0.374 e. The van der Waals surface area contributed by atoms with Gasteiger partial charge in [-0.1, -0.05) is 26.0 Å². The molecular formula is C19H29NO4S. The Kier molecular flexibility index (Phi) is 6.63. The average molecular weight is 368 g/mol. The molecule has 1 atom stereocenters. The molecule has 1 heterocycles. The highest BCUT2D eigenvalue weighted by molar-refractivity contribution is 7.91. The summed E-state index contributed by atoms with van der Waals surface area (Å²) in [7, 11) is -3.02. The SMILES string of the molecule is CC(C)CN(C(=O)c1ccc(COC(C)C)cc1)[C@H]1CCS(=O)(=O)C1. The van der Waals surface area contributed by atoms with Crippen molar-refractivity contribution in [3.8, 4) is 0 Å². The fourth-order valence-electron chi connectivity index (χ4n) is 2.98. The number of rotatable bonds is 7. The highest BCUT2D eigenvalue weighted by atomic mass is 32.2. The van der Waals surface area contributed by atoms with E-state index in [1.807, 2.05) is 39.8 Å². The van der Waals surface area contributed by atoms with Gasteiger partial charge in [0.15, 0.2) is 9.84 Å². The summed E-state index contributed by atoms with van der Waals surface area (Å²) >= 11 is 0. The summed E-state index contributed by atoms with van der Waals surface area (Å²) in [4.78, 5) is 14.7. The molecule has 0 N–H and O–H groups in total. The third-order valence-corrected chi connectivity index (χ3v) is 6.01. The lowest BCUT2D eigenvalue weighted by atomic mass is 10.1. The Labute approximate surface area is 151 Å². The lowest BCUT2D eigenvalue weighted by Crippen LogP contribution is -2.43. The number of nitrogens with zero attached hydrogens (tertiary/aromatic N) is 1. The van der Waals surface area contributed by atoms with Crippen molar-refractivity contribution in [1.29, 1.82) is 0 Å². The van der Waals surface area contributed by atoms with Gasteiger partial charge < -0.3 is 9.64 Å². The molecule has 25 heavy (non-hydrogen) atoms. The van der Waals surface area contributed by atoms with Crippen LogP contribution in [0.5, 0.6) is 0 Å². The van der Waals surface area contributed by atoms with Crippen molar-refractivity contribution in [2.45, 2.75) is 52.9 Å². The van der Waals surface area contributed by atoms with Gasteiger partial charge in [-0.05, 0) is 43.9 Å². The van der Waals surface area contributed by atoms with E-state index in [1.165, 1.54) is 0 Å². The van der Waals surface area contributed by atoms with E-state index >= 15 is 0 Å². The molecule has 0 unspecified atom stereocenters. The number of benzene rings is 1. The Morgan fingerprint density at radius 3 is 2.32 bits per heavy atom. The molecule has 1 aliphatic heterocycles. The quantitative estimate of drug-likeness (QED) is 0.743. The molecule has 1 aromatic carbocycles. The molecule has 1 fully saturated rings. The first kappa shape index (κ1) is 19.9. The van der Waals surface area contributed by atoms with Gasteiger partial charge in [0, 0.05) is 18.2 Å². The van der Waals surface area contributed by atoms with Gasteiger partial charge in [0.1, 0.15) is 0 Å². The van der Waals surface area contributed by atoms with Crippen LogP contribution in [0.15, 0.2) is 24.3 Å². The van der Waals surface area contributed by atoms with Crippen LogP contribution in [-0.2, 0) is 21.2 Å². The first-order valence-electron chi connectivity index (χ1n) is 8.90. The van der Waals surface area contributed by atoms with Crippen LogP contribution in [0.3, 0.4) is 0 Å². The highest BCUT2D eigenvalue weighted by Crippen LogP contribution is 2.21. The largest absolute Gasteiger partial charge is 0.374 e. The molecule has 6 heteroatoms. The maximum absolute atomic E-state index is 13.0. The number of hydrogen-bond donors (Lipinski definition) is 0. The zero-order valence-electron chi connectivity index (χ0n) is 15.6. The van der Waals surface area contributed by atoms with E-state index in [1.54, 1.807) is 17.0 Å². The molecule has 140 valence electrons. The molecule has 2 rings (SSSR count). The van der Waals surface area contributed by atoms with Crippen molar-refractivity contribution in [2.75, 3.05) is 18.1 Å². The van der Waals surface area contributed by atoms with Crippen molar-refractivity contribution in [3.05, 3.63) is 35.4 Å². The fourth-order valence-corrected chi connectivity index (χ4v) is 4.72. The maximum atomic E-state index is 13.0. The van der Waals surface area contributed by atoms with Crippen molar-refractivity contribution in [3.63, 3.8) is 0 Å². The maximum Gasteiger partial charge on any atom is 0.254 e. The Morgan fingerprint density at radius 2 is 1.84 bits per heavy atom. The molecule has 0 aromatic heterocycles. The lowest BCUT2D eigenvalue weighted by Gasteiger charge is -2.30. The zero-order chi connectivity index (χ0) is 18.6. The Morgan fingerprint density at radius 1 is 1.20 bits per heavy atom. The van der Waals surface area contributed by atoms with Gasteiger partial charge in [-0.25, -0.2) is 8.42 Å². The molecule has 0 aliphatic carbocycles. The number of hydrogen-bond acceptors (Lipinski definition) is 4. The summed E-state index contributed by atoms with van der Waals surface area (Å²) in [6.07, 6.45) is 0.688. The summed E-state index contributed by atoms with van der Waals surface area (Å²) < 4.78 is 29.2. The fraction of sp³-hybridized carbons (Fsp3) is 0.632. The average Bonchev–Trinajstić information content (AvgIpc) is 2.90. The summed E-state index contributed by atoms with van der Waals surface area (Å²) in [5, 5.41) is 0. The number of carbonyl (C=O) groups excluding carboxylic acids is 1. The van der Waals surface area contributed by atoms with E-state index in [-0.39, 0.29) is 35.5 Å². The van der Waals surface area contributed by atoms with Crippen LogP contribution < -0.4 is 0 Å². The molecule has 0 spiro atoms. The minimum absolute atomic E-state index is 0.0752. The Balaban J connectivity index is 2.13. The number of sulfone groups is 1. The van der Waals surface area contributed by atoms with Crippen molar-refractivity contribution in [1.82, 2.24) is 4.90 Å². The minimum atomic E-state index is -3.02. The van der Waals surface area contributed by atoms with Gasteiger partial charge in [-0.3, -0.25) is 4.79 Å². The van der Waals surface area contributed by atoms with Crippen LogP contribution in [0.2, 0.25) is 0 Å². The number of amides is 1.